The number of nitrogens with zero attached hydrogens (tertiary/aromatic N) is 4. The number of carbonyl (C=O) groups is 2. The first kappa shape index (κ1) is 31.7. The van der Waals surface area contributed by atoms with Crippen molar-refractivity contribution < 1.29 is 19.4 Å². The van der Waals surface area contributed by atoms with Gasteiger partial charge in [-0.2, -0.15) is 5.10 Å². The van der Waals surface area contributed by atoms with Crippen molar-refractivity contribution in [3.63, 3.8) is 0 Å². The zero-order valence-electron chi connectivity index (χ0n) is 26.7. The van der Waals surface area contributed by atoms with Crippen LogP contribution >= 0.6 is 23.2 Å². The third kappa shape index (κ3) is 5.33. The molecule has 5 aromatic rings. The molecule has 10 heteroatoms. The van der Waals surface area contributed by atoms with Crippen molar-refractivity contribution in [2.24, 2.45) is 7.05 Å². The van der Waals surface area contributed by atoms with Gasteiger partial charge in [0.05, 0.1) is 28.4 Å². The minimum atomic E-state index is -1.01. The Balaban J connectivity index is 1.46. The molecule has 0 unspecified atom stereocenters. The fraction of sp³-hybridized carbons (Fsp3) is 0.306. The van der Waals surface area contributed by atoms with Gasteiger partial charge in [0.1, 0.15) is 11.4 Å². The number of rotatable bonds is 8. The summed E-state index contributed by atoms with van der Waals surface area (Å²) in [4.78, 5) is 27.7. The zero-order chi connectivity index (χ0) is 33.0. The highest BCUT2D eigenvalue weighted by Crippen LogP contribution is 2.45. The van der Waals surface area contributed by atoms with Gasteiger partial charge in [-0.3, -0.25) is 9.48 Å². The summed E-state index contributed by atoms with van der Waals surface area (Å²) in [5, 5.41) is 16.4. The minimum Gasteiger partial charge on any atom is -0.494 e. The van der Waals surface area contributed by atoms with Crippen molar-refractivity contribution in [1.82, 2.24) is 14.3 Å². The zero-order valence-corrected chi connectivity index (χ0v) is 28.3. The van der Waals surface area contributed by atoms with Crippen molar-refractivity contribution in [3.05, 3.63) is 97.9 Å². The summed E-state index contributed by atoms with van der Waals surface area (Å²) >= 11 is 13.4. The predicted molar refractivity (Wildman–Crippen MR) is 183 cm³/mol. The second-order valence-corrected chi connectivity index (χ2v) is 12.9. The number of aromatic nitrogens is 3. The van der Waals surface area contributed by atoms with Crippen LogP contribution in [-0.2, 0) is 13.5 Å². The number of carboxylic acids is 1. The maximum absolute atomic E-state index is 14.5. The molecule has 0 saturated heterocycles. The van der Waals surface area contributed by atoms with Crippen LogP contribution in [0.5, 0.6) is 5.75 Å². The highest BCUT2D eigenvalue weighted by Gasteiger charge is 2.36. The fourth-order valence-corrected chi connectivity index (χ4v) is 7.09. The average molecular weight is 660 g/mol. The van der Waals surface area contributed by atoms with E-state index in [1.807, 2.05) is 63.7 Å². The molecule has 6 rings (SSSR count). The number of aryl methyl sites for hydroxylation is 5. The summed E-state index contributed by atoms with van der Waals surface area (Å²) in [6, 6.07) is 14.2. The number of amides is 1. The number of ether oxygens (including phenoxy) is 1. The van der Waals surface area contributed by atoms with Crippen LogP contribution in [0.15, 0.2) is 48.5 Å². The van der Waals surface area contributed by atoms with Crippen molar-refractivity contribution in [2.75, 3.05) is 18.1 Å². The topological polar surface area (TPSA) is 89.6 Å². The van der Waals surface area contributed by atoms with Crippen LogP contribution in [-0.4, -0.2) is 44.5 Å². The van der Waals surface area contributed by atoms with E-state index in [1.165, 1.54) is 12.1 Å². The Hall–Kier alpha value is -4.27. The Morgan fingerprint density at radius 2 is 1.70 bits per heavy atom. The van der Waals surface area contributed by atoms with Gasteiger partial charge in [-0.05, 0) is 107 Å². The number of aromatic carboxylic acids is 1. The molecule has 2 aromatic heterocycles. The van der Waals surface area contributed by atoms with Crippen molar-refractivity contribution in [3.8, 4) is 16.9 Å². The molecule has 0 saturated carbocycles. The molecule has 1 aliphatic heterocycles. The van der Waals surface area contributed by atoms with Crippen LogP contribution in [0.3, 0.4) is 0 Å². The molecule has 0 bridgehead atoms. The Labute approximate surface area is 278 Å². The second-order valence-electron chi connectivity index (χ2n) is 12.1. The number of fused-ring (bicyclic) bond motifs is 3. The van der Waals surface area contributed by atoms with Gasteiger partial charge in [0, 0.05) is 52.6 Å². The summed E-state index contributed by atoms with van der Waals surface area (Å²) in [5.74, 6) is -0.386. The van der Waals surface area contributed by atoms with Crippen LogP contribution in [0.25, 0.3) is 22.0 Å². The summed E-state index contributed by atoms with van der Waals surface area (Å²) < 4.78 is 10.2. The molecule has 0 radical (unpaired) electrons. The molecule has 1 atom stereocenters. The Morgan fingerprint density at radius 3 is 2.30 bits per heavy atom. The van der Waals surface area contributed by atoms with Gasteiger partial charge in [-0.25, -0.2) is 4.79 Å². The van der Waals surface area contributed by atoms with Gasteiger partial charge in [0.25, 0.3) is 5.91 Å². The highest BCUT2D eigenvalue weighted by molar-refractivity contribution is 6.35. The maximum Gasteiger partial charge on any atom is 0.335 e. The molecule has 0 spiro atoms. The standard InChI is InChI=1S/C36H36Cl2N4O4/c1-19-16-26(17-20(2)32(19)38)46-15-7-8-27-28-13-14-29(37)31(30-22(4)39-40(6)23(30)5)33(28)42-21(3)18-41(35(43)34(27)42)25-11-9-24(10-12-25)36(44)45/h9-14,16-17,21H,7-8,15,18H2,1-6H3,(H,44,45)/t21-/m0/s1. The smallest absolute Gasteiger partial charge is 0.335 e. The Morgan fingerprint density at radius 1 is 1.02 bits per heavy atom. The first-order valence-corrected chi connectivity index (χ1v) is 16.0. The molecule has 1 amide bonds. The third-order valence-electron chi connectivity index (χ3n) is 8.99. The highest BCUT2D eigenvalue weighted by atomic mass is 35.5. The first-order valence-electron chi connectivity index (χ1n) is 15.3. The Bertz CT molecular complexity index is 2000. The molecule has 3 heterocycles. The third-order valence-corrected chi connectivity index (χ3v) is 9.90. The molecule has 46 heavy (non-hydrogen) atoms. The molecule has 8 nitrogen and oxygen atoms in total. The number of anilines is 1. The molecule has 0 fully saturated rings. The summed E-state index contributed by atoms with van der Waals surface area (Å²) in [5.41, 5.74) is 8.90. The molecule has 3 aromatic carbocycles. The molecular formula is C36H36Cl2N4O4. The van der Waals surface area contributed by atoms with E-state index in [9.17, 15) is 14.7 Å². The number of hydrogen-bond donors (Lipinski definition) is 1. The van der Waals surface area contributed by atoms with E-state index in [1.54, 1.807) is 17.0 Å². The van der Waals surface area contributed by atoms with E-state index >= 15 is 0 Å². The maximum atomic E-state index is 14.5. The van der Waals surface area contributed by atoms with E-state index in [-0.39, 0.29) is 17.5 Å². The van der Waals surface area contributed by atoms with Gasteiger partial charge in [-0.15, -0.1) is 0 Å². The van der Waals surface area contributed by atoms with Crippen molar-refractivity contribution in [1.29, 1.82) is 0 Å². The minimum absolute atomic E-state index is 0.103. The second kappa shape index (κ2) is 12.2. The Kier molecular flexibility index (Phi) is 8.38. The van der Waals surface area contributed by atoms with Crippen LogP contribution in [0.4, 0.5) is 5.69 Å². The lowest BCUT2D eigenvalue weighted by molar-refractivity contribution is 0.0696. The predicted octanol–water partition coefficient (Wildman–Crippen LogP) is 8.51. The normalized spacial score (nSPS) is 14.7. The first-order chi connectivity index (χ1) is 21.9. The van der Waals surface area contributed by atoms with Crippen LogP contribution in [0.1, 0.15) is 68.3 Å². The lowest BCUT2D eigenvalue weighted by Gasteiger charge is -2.34. The number of hydrogen-bond acceptors (Lipinski definition) is 4. The van der Waals surface area contributed by atoms with E-state index < -0.39 is 5.97 Å². The monoisotopic (exact) mass is 658 g/mol. The quantitative estimate of drug-likeness (QED) is 0.169. The van der Waals surface area contributed by atoms with E-state index in [0.717, 1.165) is 60.9 Å². The van der Waals surface area contributed by atoms with E-state index in [2.05, 4.69) is 16.6 Å². The number of carbonyl (C=O) groups excluding carboxylic acids is 1. The number of halogens is 2. The number of carboxylic acid groups (broad SMARTS) is 1. The SMILES string of the molecule is Cc1cc(OCCCc2c3n(c4c(-c5c(C)nn(C)c5C)c(Cl)ccc24)[C@@H](C)CN(c2ccc(C(=O)O)cc2)C3=O)cc(C)c1Cl. The molecular weight excluding hydrogens is 623 g/mol. The summed E-state index contributed by atoms with van der Waals surface area (Å²) in [6.07, 6.45) is 1.27. The van der Waals surface area contributed by atoms with Crippen molar-refractivity contribution in [2.45, 2.75) is 53.5 Å². The van der Waals surface area contributed by atoms with Crippen LogP contribution < -0.4 is 9.64 Å². The van der Waals surface area contributed by atoms with Gasteiger partial charge >= 0.3 is 5.97 Å². The molecule has 1 aliphatic rings. The van der Waals surface area contributed by atoms with Crippen molar-refractivity contribution >= 4 is 51.7 Å². The van der Waals surface area contributed by atoms with Gasteiger partial charge in [0.2, 0.25) is 0 Å². The summed E-state index contributed by atoms with van der Waals surface area (Å²) in [6.45, 7) is 10.9. The van der Waals surface area contributed by atoms with Gasteiger partial charge in [0.15, 0.2) is 0 Å². The average Bonchev–Trinajstić information content (AvgIpc) is 3.48. The van der Waals surface area contributed by atoms with Gasteiger partial charge in [-0.1, -0.05) is 29.3 Å². The lowest BCUT2D eigenvalue weighted by Crippen LogP contribution is -2.42. The van der Waals surface area contributed by atoms with Crippen LogP contribution in [0.2, 0.25) is 10.0 Å². The van der Waals surface area contributed by atoms with Gasteiger partial charge < -0.3 is 19.3 Å². The summed E-state index contributed by atoms with van der Waals surface area (Å²) in [7, 11) is 1.92. The molecule has 1 N–H and O–H groups in total. The largest absolute Gasteiger partial charge is 0.494 e. The molecule has 0 aliphatic carbocycles. The lowest BCUT2D eigenvalue weighted by atomic mass is 9.98. The fourth-order valence-electron chi connectivity index (χ4n) is 6.74. The van der Waals surface area contributed by atoms with E-state index in [4.69, 9.17) is 27.9 Å². The van der Waals surface area contributed by atoms with E-state index in [0.29, 0.717) is 42.4 Å². The number of benzene rings is 3. The molecule has 238 valence electrons. The van der Waals surface area contributed by atoms with Crippen LogP contribution in [0, 0.1) is 27.7 Å².